The number of hydrogen-bond donors (Lipinski definition) is 3. The molecule has 0 saturated heterocycles. The van der Waals surface area contributed by atoms with Crippen molar-refractivity contribution in [2.24, 2.45) is 0 Å². The molecule has 1 aromatic carbocycles. The fraction of sp³-hybridized carbons (Fsp3) is 0.0909. The van der Waals surface area contributed by atoms with E-state index in [1.807, 2.05) is 0 Å². The Hall–Kier alpha value is -2.39. The number of amides is 1. The molecule has 0 spiro atoms. The van der Waals surface area contributed by atoms with Crippen LogP contribution in [0.15, 0.2) is 40.0 Å². The van der Waals surface area contributed by atoms with E-state index in [9.17, 15) is 18.0 Å². The number of aromatic nitrogens is 2. The standard InChI is InChI=1S/C11H11N3O5S/c1-7(15)12-10-6-11(16)14(13-10)8-2-4-9(5-3-8)20(17,18)19/h2-6,13H,1H3,(H,12,15)(H,17,18,19). The number of nitrogens with one attached hydrogen (secondary N) is 2. The van der Waals surface area contributed by atoms with Crippen molar-refractivity contribution in [3.8, 4) is 5.69 Å². The monoisotopic (exact) mass is 297 g/mol. The number of anilines is 1. The van der Waals surface area contributed by atoms with Gasteiger partial charge in [0.15, 0.2) is 0 Å². The van der Waals surface area contributed by atoms with E-state index in [0.717, 1.165) is 16.8 Å². The second-order valence-electron chi connectivity index (χ2n) is 3.99. The molecule has 0 aliphatic rings. The Kier molecular flexibility index (Phi) is 3.47. The predicted octanol–water partition coefficient (Wildman–Crippen LogP) is 0.371. The van der Waals surface area contributed by atoms with Crippen LogP contribution in [-0.2, 0) is 14.9 Å². The van der Waals surface area contributed by atoms with Gasteiger partial charge in [0.25, 0.3) is 15.7 Å². The second kappa shape index (κ2) is 4.94. The molecule has 20 heavy (non-hydrogen) atoms. The van der Waals surface area contributed by atoms with Crippen molar-refractivity contribution < 1.29 is 17.8 Å². The van der Waals surface area contributed by atoms with Gasteiger partial charge in [-0.05, 0) is 24.3 Å². The van der Waals surface area contributed by atoms with E-state index in [1.54, 1.807) is 0 Å². The maximum atomic E-state index is 11.7. The van der Waals surface area contributed by atoms with Gasteiger partial charge in [0.2, 0.25) is 5.91 Å². The molecule has 106 valence electrons. The summed E-state index contributed by atoms with van der Waals surface area (Å²) in [5, 5.41) is 5.07. The minimum Gasteiger partial charge on any atom is -0.311 e. The minimum atomic E-state index is -4.28. The maximum Gasteiger partial charge on any atom is 0.294 e. The molecule has 0 unspecified atom stereocenters. The van der Waals surface area contributed by atoms with Gasteiger partial charge in [0.1, 0.15) is 5.82 Å². The molecular formula is C11H11N3O5S. The van der Waals surface area contributed by atoms with Crippen LogP contribution in [-0.4, -0.2) is 28.7 Å². The third-order valence-corrected chi connectivity index (χ3v) is 3.29. The highest BCUT2D eigenvalue weighted by Gasteiger charge is 2.10. The topological polar surface area (TPSA) is 121 Å². The van der Waals surface area contributed by atoms with Gasteiger partial charge in [-0.15, -0.1) is 0 Å². The number of H-pyrrole nitrogens is 1. The molecule has 0 fully saturated rings. The number of aromatic amines is 1. The molecule has 3 N–H and O–H groups in total. The van der Waals surface area contributed by atoms with Crippen LogP contribution in [0.3, 0.4) is 0 Å². The molecule has 0 aliphatic carbocycles. The molecule has 1 aromatic heterocycles. The molecule has 0 radical (unpaired) electrons. The number of carbonyl (C=O) groups excluding carboxylic acids is 1. The summed E-state index contributed by atoms with van der Waals surface area (Å²) in [4.78, 5) is 22.3. The molecule has 1 heterocycles. The summed E-state index contributed by atoms with van der Waals surface area (Å²) in [6.07, 6.45) is 0. The lowest BCUT2D eigenvalue weighted by molar-refractivity contribution is -0.114. The van der Waals surface area contributed by atoms with Crippen molar-refractivity contribution in [1.82, 2.24) is 9.78 Å². The molecule has 0 atom stereocenters. The Balaban J connectivity index is 2.40. The average Bonchev–Trinajstić information content (AvgIpc) is 2.68. The molecule has 2 aromatic rings. The van der Waals surface area contributed by atoms with Gasteiger partial charge in [-0.1, -0.05) is 0 Å². The van der Waals surface area contributed by atoms with E-state index in [4.69, 9.17) is 4.55 Å². The third kappa shape index (κ3) is 2.95. The van der Waals surface area contributed by atoms with Crippen LogP contribution in [0, 0.1) is 0 Å². The summed E-state index contributed by atoms with van der Waals surface area (Å²) in [5.41, 5.74) is -0.0626. The van der Waals surface area contributed by atoms with Gasteiger partial charge >= 0.3 is 0 Å². The number of rotatable bonds is 3. The van der Waals surface area contributed by atoms with Gasteiger partial charge in [0.05, 0.1) is 10.6 Å². The quantitative estimate of drug-likeness (QED) is 0.707. The summed E-state index contributed by atoms with van der Waals surface area (Å²) in [7, 11) is -4.28. The van der Waals surface area contributed by atoms with E-state index in [-0.39, 0.29) is 16.6 Å². The van der Waals surface area contributed by atoms with Crippen LogP contribution in [0.1, 0.15) is 6.92 Å². The average molecular weight is 297 g/mol. The van der Waals surface area contributed by atoms with Gasteiger partial charge < -0.3 is 5.32 Å². The highest BCUT2D eigenvalue weighted by molar-refractivity contribution is 7.85. The van der Waals surface area contributed by atoms with Gasteiger partial charge in [0, 0.05) is 13.0 Å². The van der Waals surface area contributed by atoms with Crippen molar-refractivity contribution in [2.75, 3.05) is 5.32 Å². The summed E-state index contributed by atoms with van der Waals surface area (Å²) >= 11 is 0. The zero-order valence-corrected chi connectivity index (χ0v) is 11.1. The Bertz CT molecular complexity index is 801. The zero-order valence-electron chi connectivity index (χ0n) is 10.3. The fourth-order valence-corrected chi connectivity index (χ4v) is 2.09. The zero-order chi connectivity index (χ0) is 14.9. The molecule has 0 bridgehead atoms. The lowest BCUT2D eigenvalue weighted by atomic mass is 10.3. The van der Waals surface area contributed by atoms with Crippen molar-refractivity contribution in [2.45, 2.75) is 11.8 Å². The molecule has 2 rings (SSSR count). The summed E-state index contributed by atoms with van der Waals surface area (Å²) in [6, 6.07) is 6.21. The summed E-state index contributed by atoms with van der Waals surface area (Å²) in [6.45, 7) is 1.30. The van der Waals surface area contributed by atoms with E-state index in [0.29, 0.717) is 5.69 Å². The van der Waals surface area contributed by atoms with Crippen LogP contribution < -0.4 is 10.9 Å². The highest BCUT2D eigenvalue weighted by Crippen LogP contribution is 2.12. The molecule has 8 nitrogen and oxygen atoms in total. The highest BCUT2D eigenvalue weighted by atomic mass is 32.2. The second-order valence-corrected chi connectivity index (χ2v) is 5.42. The molecule has 1 amide bonds. The Morgan fingerprint density at radius 3 is 2.40 bits per heavy atom. The fourth-order valence-electron chi connectivity index (χ4n) is 1.61. The number of benzene rings is 1. The minimum absolute atomic E-state index is 0.223. The van der Waals surface area contributed by atoms with Crippen LogP contribution in [0.2, 0.25) is 0 Å². The van der Waals surface area contributed by atoms with E-state index in [1.165, 1.54) is 25.1 Å². The van der Waals surface area contributed by atoms with E-state index in [2.05, 4.69) is 10.4 Å². The first-order valence-electron chi connectivity index (χ1n) is 5.45. The van der Waals surface area contributed by atoms with Crippen LogP contribution in [0.5, 0.6) is 0 Å². The van der Waals surface area contributed by atoms with Gasteiger partial charge in [-0.25, -0.2) is 4.68 Å². The number of nitrogens with zero attached hydrogens (tertiary/aromatic N) is 1. The van der Waals surface area contributed by atoms with Crippen molar-refractivity contribution in [1.29, 1.82) is 0 Å². The van der Waals surface area contributed by atoms with Crippen LogP contribution in [0.25, 0.3) is 5.69 Å². The molecular weight excluding hydrogens is 286 g/mol. The Morgan fingerprint density at radius 2 is 1.90 bits per heavy atom. The largest absolute Gasteiger partial charge is 0.311 e. The SMILES string of the molecule is CC(=O)Nc1cc(=O)n(-c2ccc(S(=O)(=O)O)cc2)[nH]1. The van der Waals surface area contributed by atoms with Gasteiger partial charge in [-0.3, -0.25) is 19.2 Å². The Morgan fingerprint density at radius 1 is 1.30 bits per heavy atom. The summed E-state index contributed by atoms with van der Waals surface area (Å²) in [5.74, 6) is -0.110. The first kappa shape index (κ1) is 14.0. The van der Waals surface area contributed by atoms with E-state index >= 15 is 0 Å². The molecule has 0 aliphatic heterocycles. The van der Waals surface area contributed by atoms with Gasteiger partial charge in [-0.2, -0.15) is 8.42 Å². The predicted molar refractivity (Wildman–Crippen MR) is 70.5 cm³/mol. The van der Waals surface area contributed by atoms with Crippen LogP contribution >= 0.6 is 0 Å². The molecule has 9 heteroatoms. The van der Waals surface area contributed by atoms with Crippen molar-refractivity contribution >= 4 is 21.8 Å². The van der Waals surface area contributed by atoms with Crippen molar-refractivity contribution in [3.05, 3.63) is 40.7 Å². The molecule has 0 saturated carbocycles. The van der Waals surface area contributed by atoms with Crippen LogP contribution in [0.4, 0.5) is 5.82 Å². The normalized spacial score (nSPS) is 11.3. The smallest absolute Gasteiger partial charge is 0.294 e. The first-order chi connectivity index (χ1) is 9.27. The third-order valence-electron chi connectivity index (χ3n) is 2.42. The first-order valence-corrected chi connectivity index (χ1v) is 6.89. The Labute approximate surface area is 113 Å². The maximum absolute atomic E-state index is 11.7. The summed E-state index contributed by atoms with van der Waals surface area (Å²) < 4.78 is 31.8. The van der Waals surface area contributed by atoms with E-state index < -0.39 is 15.7 Å². The van der Waals surface area contributed by atoms with Crippen molar-refractivity contribution in [3.63, 3.8) is 0 Å². The number of carbonyl (C=O) groups is 1. The lowest BCUT2D eigenvalue weighted by Gasteiger charge is -2.03. The number of hydrogen-bond acceptors (Lipinski definition) is 4. The lowest BCUT2D eigenvalue weighted by Crippen LogP contribution is -2.13.